The summed E-state index contributed by atoms with van der Waals surface area (Å²) in [5.41, 5.74) is 7.78. The Hall–Kier alpha value is -1.51. The first-order valence-corrected chi connectivity index (χ1v) is 3.47. The molecule has 0 fully saturated rings. The van der Waals surface area contributed by atoms with E-state index in [4.69, 9.17) is 5.73 Å². The average molecular weight is 147 g/mol. The molecule has 2 N–H and O–H groups in total. The first-order chi connectivity index (χ1) is 5.29. The van der Waals surface area contributed by atoms with Gasteiger partial charge in [0.15, 0.2) is 0 Å². The van der Waals surface area contributed by atoms with E-state index < -0.39 is 0 Å². The van der Waals surface area contributed by atoms with Crippen LogP contribution in [0.4, 0.5) is 5.82 Å². The second kappa shape index (κ2) is 1.99. The molecule has 0 amide bonds. The highest BCUT2D eigenvalue weighted by Crippen LogP contribution is 2.11. The van der Waals surface area contributed by atoms with E-state index in [9.17, 15) is 0 Å². The van der Waals surface area contributed by atoms with Crippen LogP contribution in [-0.4, -0.2) is 9.38 Å². The number of pyridine rings is 1. The maximum Gasteiger partial charge on any atom is 0.109 e. The van der Waals surface area contributed by atoms with Crippen LogP contribution in [0.5, 0.6) is 0 Å². The Kier molecular flexibility index (Phi) is 1.12. The Labute approximate surface area is 64.5 Å². The number of aryl methyl sites for hydroxylation is 1. The second-order valence-corrected chi connectivity index (χ2v) is 2.54. The van der Waals surface area contributed by atoms with Crippen molar-refractivity contribution in [2.24, 2.45) is 0 Å². The molecule has 56 valence electrons. The Morgan fingerprint density at radius 1 is 1.45 bits per heavy atom. The number of rotatable bonds is 0. The van der Waals surface area contributed by atoms with Crippen molar-refractivity contribution in [2.45, 2.75) is 6.92 Å². The van der Waals surface area contributed by atoms with Crippen LogP contribution in [0.25, 0.3) is 5.52 Å². The molecule has 2 aromatic heterocycles. The maximum absolute atomic E-state index is 5.69. The second-order valence-electron chi connectivity index (χ2n) is 2.54. The van der Waals surface area contributed by atoms with Crippen LogP contribution in [0, 0.1) is 6.92 Å². The van der Waals surface area contributed by atoms with Gasteiger partial charge in [-0.15, -0.1) is 0 Å². The Bertz CT molecular complexity index is 389. The monoisotopic (exact) mass is 147 g/mol. The predicted octanol–water partition coefficient (Wildman–Crippen LogP) is 1.22. The number of fused-ring (bicyclic) bond motifs is 1. The fourth-order valence-corrected chi connectivity index (χ4v) is 1.17. The zero-order chi connectivity index (χ0) is 7.84. The topological polar surface area (TPSA) is 43.3 Å². The van der Waals surface area contributed by atoms with Gasteiger partial charge in [0.05, 0.1) is 11.2 Å². The number of nitrogen functional groups attached to an aromatic ring is 1. The molecule has 0 aliphatic rings. The lowest BCUT2D eigenvalue weighted by atomic mass is 10.3. The molecule has 0 aliphatic carbocycles. The summed E-state index contributed by atoms with van der Waals surface area (Å²) in [5, 5.41) is 0. The fourth-order valence-electron chi connectivity index (χ4n) is 1.17. The first kappa shape index (κ1) is 6.22. The minimum Gasteiger partial charge on any atom is -0.385 e. The van der Waals surface area contributed by atoms with Crippen LogP contribution in [0.1, 0.15) is 5.69 Å². The number of nitrogens with two attached hydrogens (primary N) is 1. The summed E-state index contributed by atoms with van der Waals surface area (Å²) in [5.74, 6) is 0.725. The third-order valence-electron chi connectivity index (χ3n) is 1.80. The molecule has 2 heterocycles. The lowest BCUT2D eigenvalue weighted by molar-refractivity contribution is 1.16. The van der Waals surface area contributed by atoms with Gasteiger partial charge in [-0.1, -0.05) is 6.07 Å². The van der Waals surface area contributed by atoms with Gasteiger partial charge in [0.25, 0.3) is 0 Å². The summed E-state index contributed by atoms with van der Waals surface area (Å²) in [7, 11) is 0. The third kappa shape index (κ3) is 0.774. The number of imidazole rings is 1. The molecule has 0 bridgehead atoms. The van der Waals surface area contributed by atoms with Crippen LogP contribution in [0.3, 0.4) is 0 Å². The van der Waals surface area contributed by atoms with Crippen molar-refractivity contribution in [2.75, 3.05) is 5.73 Å². The molecule has 3 heteroatoms. The zero-order valence-electron chi connectivity index (χ0n) is 6.28. The molecule has 0 atom stereocenters. The van der Waals surface area contributed by atoms with Crippen molar-refractivity contribution in [3.05, 3.63) is 30.2 Å². The standard InChI is InChI=1S/C8H9N3/c1-6-7-3-2-4-8(9)11(7)5-10-6/h2-5H,9H2,1H3. The maximum atomic E-state index is 5.69. The largest absolute Gasteiger partial charge is 0.385 e. The van der Waals surface area contributed by atoms with Gasteiger partial charge in [0.1, 0.15) is 12.1 Å². The van der Waals surface area contributed by atoms with Crippen molar-refractivity contribution in [1.29, 1.82) is 0 Å². The summed E-state index contributed by atoms with van der Waals surface area (Å²) in [6, 6.07) is 5.78. The zero-order valence-corrected chi connectivity index (χ0v) is 6.28. The molecular formula is C8H9N3. The highest BCUT2D eigenvalue weighted by molar-refractivity contribution is 5.56. The van der Waals surface area contributed by atoms with Gasteiger partial charge in [0.2, 0.25) is 0 Å². The third-order valence-corrected chi connectivity index (χ3v) is 1.80. The van der Waals surface area contributed by atoms with Crippen LogP contribution in [-0.2, 0) is 0 Å². The van der Waals surface area contributed by atoms with Crippen LogP contribution in [0.15, 0.2) is 24.5 Å². The molecule has 3 nitrogen and oxygen atoms in total. The van der Waals surface area contributed by atoms with E-state index in [0.29, 0.717) is 0 Å². The lowest BCUT2D eigenvalue weighted by Gasteiger charge is -1.97. The van der Waals surface area contributed by atoms with E-state index in [1.54, 1.807) is 6.33 Å². The van der Waals surface area contributed by atoms with Crippen LogP contribution < -0.4 is 5.73 Å². The van der Waals surface area contributed by atoms with E-state index in [2.05, 4.69) is 4.98 Å². The minimum absolute atomic E-state index is 0.725. The van der Waals surface area contributed by atoms with Crippen LogP contribution in [0.2, 0.25) is 0 Å². The van der Waals surface area contributed by atoms with E-state index in [1.165, 1.54) is 0 Å². The van der Waals surface area contributed by atoms with E-state index in [1.807, 2.05) is 29.5 Å². The molecule has 0 saturated carbocycles. The highest BCUT2D eigenvalue weighted by Gasteiger charge is 1.98. The normalized spacial score (nSPS) is 10.6. The van der Waals surface area contributed by atoms with Gasteiger partial charge in [-0.05, 0) is 19.1 Å². The molecule has 11 heavy (non-hydrogen) atoms. The Morgan fingerprint density at radius 3 is 3.00 bits per heavy atom. The molecule has 0 radical (unpaired) electrons. The summed E-state index contributed by atoms with van der Waals surface area (Å²) in [6.45, 7) is 1.97. The molecular weight excluding hydrogens is 138 g/mol. The Morgan fingerprint density at radius 2 is 2.27 bits per heavy atom. The van der Waals surface area contributed by atoms with Gasteiger partial charge in [0, 0.05) is 0 Å². The lowest BCUT2D eigenvalue weighted by Crippen LogP contribution is -1.93. The average Bonchev–Trinajstić information content (AvgIpc) is 2.35. The minimum atomic E-state index is 0.725. The van der Waals surface area contributed by atoms with Crippen molar-refractivity contribution in [3.8, 4) is 0 Å². The fraction of sp³-hybridized carbons (Fsp3) is 0.125. The molecule has 2 rings (SSSR count). The SMILES string of the molecule is Cc1ncn2c(N)cccc12. The van der Waals surface area contributed by atoms with E-state index in [0.717, 1.165) is 17.0 Å². The van der Waals surface area contributed by atoms with Gasteiger partial charge >= 0.3 is 0 Å². The van der Waals surface area contributed by atoms with E-state index >= 15 is 0 Å². The van der Waals surface area contributed by atoms with Crippen molar-refractivity contribution >= 4 is 11.3 Å². The van der Waals surface area contributed by atoms with Gasteiger partial charge in [-0.25, -0.2) is 4.98 Å². The molecule has 0 aromatic carbocycles. The number of aromatic nitrogens is 2. The smallest absolute Gasteiger partial charge is 0.109 e. The van der Waals surface area contributed by atoms with Gasteiger partial charge in [-0.2, -0.15) is 0 Å². The summed E-state index contributed by atoms with van der Waals surface area (Å²) in [4.78, 5) is 4.14. The number of nitrogens with zero attached hydrogens (tertiary/aromatic N) is 2. The Balaban J connectivity index is 2.94. The van der Waals surface area contributed by atoms with Gasteiger partial charge < -0.3 is 5.73 Å². The summed E-state index contributed by atoms with van der Waals surface area (Å²) >= 11 is 0. The first-order valence-electron chi connectivity index (χ1n) is 3.47. The predicted molar refractivity (Wildman–Crippen MR) is 44.3 cm³/mol. The molecule has 0 saturated heterocycles. The quantitative estimate of drug-likeness (QED) is 0.609. The van der Waals surface area contributed by atoms with E-state index in [-0.39, 0.29) is 0 Å². The summed E-state index contributed by atoms with van der Waals surface area (Å²) < 4.78 is 1.87. The van der Waals surface area contributed by atoms with Crippen LogP contribution >= 0.6 is 0 Å². The van der Waals surface area contributed by atoms with Crippen molar-refractivity contribution < 1.29 is 0 Å². The molecule has 2 aromatic rings. The van der Waals surface area contributed by atoms with Crippen molar-refractivity contribution in [3.63, 3.8) is 0 Å². The number of hydrogen-bond acceptors (Lipinski definition) is 2. The molecule has 0 unspecified atom stereocenters. The number of anilines is 1. The summed E-state index contributed by atoms with van der Waals surface area (Å²) in [6.07, 6.45) is 1.74. The molecule has 0 aliphatic heterocycles. The number of hydrogen-bond donors (Lipinski definition) is 1. The highest BCUT2D eigenvalue weighted by atomic mass is 15.0. The van der Waals surface area contributed by atoms with Gasteiger partial charge in [-0.3, -0.25) is 4.40 Å². The van der Waals surface area contributed by atoms with Crippen molar-refractivity contribution in [1.82, 2.24) is 9.38 Å². The molecule has 0 spiro atoms.